The van der Waals surface area contributed by atoms with Crippen LogP contribution in [0.3, 0.4) is 0 Å². The van der Waals surface area contributed by atoms with Gasteiger partial charge in [-0.05, 0) is 56.5 Å². The van der Waals surface area contributed by atoms with Crippen molar-refractivity contribution in [1.29, 1.82) is 0 Å². The molecule has 2 amide bonds. The zero-order valence-electron chi connectivity index (χ0n) is 26.6. The zero-order chi connectivity index (χ0) is 31.5. The van der Waals surface area contributed by atoms with E-state index in [1.165, 1.54) is 0 Å². The summed E-state index contributed by atoms with van der Waals surface area (Å²) < 4.78 is 29.5. The van der Waals surface area contributed by atoms with Crippen molar-refractivity contribution >= 4 is 29.8 Å². The molecule has 44 heavy (non-hydrogen) atoms. The second kappa shape index (κ2) is 12.9. The Morgan fingerprint density at radius 2 is 1.73 bits per heavy atom. The molecular formula is C34H43N3O7. The first-order valence-electron chi connectivity index (χ1n) is 15.1. The highest BCUT2D eigenvalue weighted by Gasteiger charge is 2.41. The van der Waals surface area contributed by atoms with Crippen LogP contribution in [0, 0.1) is 5.41 Å². The molecule has 0 spiro atoms. The van der Waals surface area contributed by atoms with Gasteiger partial charge in [0.15, 0.2) is 23.0 Å². The first kappa shape index (κ1) is 31.4. The molecule has 0 bridgehead atoms. The number of aliphatic imine (C=N–C) groups is 1. The van der Waals surface area contributed by atoms with E-state index in [-0.39, 0.29) is 17.9 Å². The minimum Gasteiger partial charge on any atom is -0.493 e. The molecule has 2 aromatic carbocycles. The number of nitrogens with zero attached hydrogens (tertiary/aromatic N) is 3. The van der Waals surface area contributed by atoms with E-state index in [1.54, 1.807) is 43.4 Å². The molecule has 3 aliphatic rings. The molecule has 0 N–H and O–H groups in total. The average Bonchev–Trinajstić information content (AvgIpc) is 3.45. The lowest BCUT2D eigenvalue weighted by molar-refractivity contribution is -0.129. The average molecular weight is 606 g/mol. The first-order valence-corrected chi connectivity index (χ1v) is 15.1. The number of amides is 2. The highest BCUT2D eigenvalue weighted by Crippen LogP contribution is 2.43. The van der Waals surface area contributed by atoms with Crippen molar-refractivity contribution < 1.29 is 33.3 Å². The molecule has 3 aliphatic heterocycles. The molecule has 236 valence electrons. The molecule has 0 saturated carbocycles. The standard InChI is InChI=1S/C34H43N3O7/c1-33(2,22-43-27-11-9-23(18-28(27)40-5)10-12-31(38)36-14-16-42-17-15-36)34(3,4)44-30-20-26-25(19-29(30)41-6)32(39)37-13-7-8-24(37)21-35-26/h9-12,18-21,24H,7-8,13-17,22H2,1-6H3/b12-10+. The van der Waals surface area contributed by atoms with Crippen LogP contribution in [-0.4, -0.2) is 93.1 Å². The Balaban J connectivity index is 1.28. The summed E-state index contributed by atoms with van der Waals surface area (Å²) in [5.74, 6) is 2.07. The molecule has 3 heterocycles. The van der Waals surface area contributed by atoms with E-state index in [4.69, 9.17) is 23.7 Å². The molecule has 1 atom stereocenters. The number of hydrogen-bond acceptors (Lipinski definition) is 8. The van der Waals surface area contributed by atoms with Gasteiger partial charge in [0.25, 0.3) is 5.91 Å². The van der Waals surface area contributed by atoms with Crippen LogP contribution in [0.5, 0.6) is 23.0 Å². The van der Waals surface area contributed by atoms with Crippen LogP contribution < -0.4 is 18.9 Å². The maximum Gasteiger partial charge on any atom is 0.256 e. The topological polar surface area (TPSA) is 99.1 Å². The Morgan fingerprint density at radius 3 is 2.45 bits per heavy atom. The number of hydrogen-bond donors (Lipinski definition) is 0. The number of carbonyl (C=O) groups is 2. The largest absolute Gasteiger partial charge is 0.493 e. The number of carbonyl (C=O) groups excluding carboxylic acids is 2. The molecule has 2 saturated heterocycles. The summed E-state index contributed by atoms with van der Waals surface area (Å²) in [6, 6.07) is 9.14. The Morgan fingerprint density at radius 1 is 1.00 bits per heavy atom. The summed E-state index contributed by atoms with van der Waals surface area (Å²) in [5.41, 5.74) is 0.723. The number of rotatable bonds is 10. The lowest BCUT2D eigenvalue weighted by Gasteiger charge is -2.41. The van der Waals surface area contributed by atoms with Crippen LogP contribution in [0.4, 0.5) is 5.69 Å². The van der Waals surface area contributed by atoms with Gasteiger partial charge in [-0.15, -0.1) is 0 Å². The first-order chi connectivity index (χ1) is 21.0. The van der Waals surface area contributed by atoms with Gasteiger partial charge in [-0.25, -0.2) is 0 Å². The number of ether oxygens (including phenoxy) is 5. The number of benzene rings is 2. The van der Waals surface area contributed by atoms with Crippen molar-refractivity contribution in [1.82, 2.24) is 9.80 Å². The van der Waals surface area contributed by atoms with Crippen molar-refractivity contribution in [2.24, 2.45) is 10.4 Å². The number of fused-ring (bicyclic) bond motifs is 2. The van der Waals surface area contributed by atoms with E-state index in [9.17, 15) is 9.59 Å². The summed E-state index contributed by atoms with van der Waals surface area (Å²) >= 11 is 0. The number of morpholine rings is 1. The van der Waals surface area contributed by atoms with E-state index in [2.05, 4.69) is 18.8 Å². The minimum atomic E-state index is -0.719. The second-order valence-corrected chi connectivity index (χ2v) is 12.5. The molecule has 2 aromatic rings. The fourth-order valence-corrected chi connectivity index (χ4v) is 5.40. The predicted molar refractivity (Wildman–Crippen MR) is 169 cm³/mol. The van der Waals surface area contributed by atoms with Gasteiger partial charge in [-0.2, -0.15) is 0 Å². The van der Waals surface area contributed by atoms with Gasteiger partial charge in [0.2, 0.25) is 5.91 Å². The third kappa shape index (κ3) is 6.55. The van der Waals surface area contributed by atoms with Gasteiger partial charge < -0.3 is 33.5 Å². The van der Waals surface area contributed by atoms with Crippen molar-refractivity contribution in [2.75, 3.05) is 53.7 Å². The molecular weight excluding hydrogens is 562 g/mol. The monoisotopic (exact) mass is 605 g/mol. The van der Waals surface area contributed by atoms with Gasteiger partial charge in [0.05, 0.1) is 51.3 Å². The SMILES string of the molecule is COc1cc(/C=C/C(=O)N2CCOCC2)ccc1OCC(C)(C)C(C)(C)Oc1cc2c(cc1OC)C(=O)N1CCCC1C=N2. The maximum absolute atomic E-state index is 13.3. The third-order valence-electron chi connectivity index (χ3n) is 8.97. The van der Waals surface area contributed by atoms with E-state index < -0.39 is 11.0 Å². The summed E-state index contributed by atoms with van der Waals surface area (Å²) in [6.07, 6.45) is 7.12. The Bertz CT molecular complexity index is 1440. The molecule has 10 heteroatoms. The van der Waals surface area contributed by atoms with E-state index in [0.29, 0.717) is 67.2 Å². The van der Waals surface area contributed by atoms with Crippen molar-refractivity contribution in [3.05, 3.63) is 47.5 Å². The molecule has 2 fully saturated rings. The maximum atomic E-state index is 13.3. The fraction of sp³-hybridized carbons (Fsp3) is 0.500. The van der Waals surface area contributed by atoms with Crippen molar-refractivity contribution in [2.45, 2.75) is 52.2 Å². The van der Waals surface area contributed by atoms with Crippen LogP contribution in [0.15, 0.2) is 41.4 Å². The fourth-order valence-electron chi connectivity index (χ4n) is 5.40. The minimum absolute atomic E-state index is 0.0254. The van der Waals surface area contributed by atoms with Gasteiger partial charge in [0.1, 0.15) is 5.60 Å². The van der Waals surface area contributed by atoms with Crippen molar-refractivity contribution in [3.63, 3.8) is 0 Å². The Hall–Kier alpha value is -4.05. The summed E-state index contributed by atoms with van der Waals surface area (Å²) in [7, 11) is 3.16. The van der Waals surface area contributed by atoms with E-state index >= 15 is 0 Å². The third-order valence-corrected chi connectivity index (χ3v) is 8.97. The van der Waals surface area contributed by atoms with E-state index in [1.807, 2.05) is 43.2 Å². The van der Waals surface area contributed by atoms with Crippen LogP contribution in [0.25, 0.3) is 6.08 Å². The lowest BCUT2D eigenvalue weighted by Crippen LogP contribution is -2.48. The molecule has 0 aromatic heterocycles. The predicted octanol–water partition coefficient (Wildman–Crippen LogP) is 5.16. The lowest BCUT2D eigenvalue weighted by atomic mass is 9.77. The van der Waals surface area contributed by atoms with E-state index in [0.717, 1.165) is 24.9 Å². The Labute approximate surface area is 259 Å². The molecule has 10 nitrogen and oxygen atoms in total. The van der Waals surface area contributed by atoms with Gasteiger partial charge in [-0.1, -0.05) is 19.9 Å². The molecule has 1 unspecified atom stereocenters. The normalized spacial score (nSPS) is 18.6. The summed E-state index contributed by atoms with van der Waals surface area (Å²) in [6.45, 7) is 11.5. The van der Waals surface area contributed by atoms with Crippen LogP contribution in [0.2, 0.25) is 0 Å². The molecule has 5 rings (SSSR count). The molecule has 0 radical (unpaired) electrons. The zero-order valence-corrected chi connectivity index (χ0v) is 26.6. The Kier molecular flexibility index (Phi) is 9.20. The van der Waals surface area contributed by atoms with Crippen molar-refractivity contribution in [3.8, 4) is 23.0 Å². The summed E-state index contributed by atoms with van der Waals surface area (Å²) in [4.78, 5) is 34.1. The van der Waals surface area contributed by atoms with Crippen LogP contribution in [-0.2, 0) is 9.53 Å². The second-order valence-electron chi connectivity index (χ2n) is 12.5. The van der Waals surface area contributed by atoms with Crippen LogP contribution >= 0.6 is 0 Å². The molecule has 0 aliphatic carbocycles. The highest BCUT2D eigenvalue weighted by molar-refractivity contribution is 6.03. The van der Waals surface area contributed by atoms with Gasteiger partial charge in [0, 0.05) is 43.4 Å². The smallest absolute Gasteiger partial charge is 0.256 e. The van der Waals surface area contributed by atoms with Crippen LogP contribution in [0.1, 0.15) is 56.5 Å². The quantitative estimate of drug-likeness (QED) is 0.345. The number of methoxy groups -OCH3 is 2. The highest BCUT2D eigenvalue weighted by atomic mass is 16.5. The summed E-state index contributed by atoms with van der Waals surface area (Å²) in [5, 5.41) is 0. The van der Waals surface area contributed by atoms with Gasteiger partial charge in [-0.3, -0.25) is 14.6 Å². The van der Waals surface area contributed by atoms with Gasteiger partial charge >= 0.3 is 0 Å².